The molecule has 0 aliphatic carbocycles. The van der Waals surface area contributed by atoms with Crippen molar-refractivity contribution in [2.75, 3.05) is 11.9 Å². The second kappa shape index (κ2) is 7.43. The van der Waals surface area contributed by atoms with E-state index in [2.05, 4.69) is 32.5 Å². The third-order valence-corrected chi connectivity index (χ3v) is 4.73. The smallest absolute Gasteiger partial charge is 0.164 e. The summed E-state index contributed by atoms with van der Waals surface area (Å²) in [5.74, 6) is 0.656. The van der Waals surface area contributed by atoms with E-state index in [-0.39, 0.29) is 6.10 Å². The van der Waals surface area contributed by atoms with Crippen molar-refractivity contribution in [2.24, 2.45) is 0 Å². The average Bonchev–Trinajstić information content (AvgIpc) is 3.07. The van der Waals surface area contributed by atoms with Crippen molar-refractivity contribution in [3.8, 4) is 5.75 Å². The highest BCUT2D eigenvalue weighted by Crippen LogP contribution is 2.34. The number of halogens is 1. The van der Waals surface area contributed by atoms with Crippen LogP contribution in [0.3, 0.4) is 0 Å². The normalized spacial score (nSPS) is 19.6. The maximum absolute atomic E-state index is 6.34. The number of aromatic nitrogens is 3. The van der Waals surface area contributed by atoms with Crippen molar-refractivity contribution < 1.29 is 4.74 Å². The minimum absolute atomic E-state index is 0.112. The fraction of sp³-hybridized carbons (Fsp3) is 0.316. The largest absolute Gasteiger partial charge is 0.485 e. The first-order valence-electron chi connectivity index (χ1n) is 8.66. The second-order valence-electron chi connectivity index (χ2n) is 6.52. The van der Waals surface area contributed by atoms with Crippen LogP contribution in [0.15, 0.2) is 43.0 Å². The van der Waals surface area contributed by atoms with Gasteiger partial charge >= 0.3 is 0 Å². The lowest BCUT2D eigenvalue weighted by Gasteiger charge is -2.18. The van der Waals surface area contributed by atoms with Gasteiger partial charge in [-0.3, -0.25) is 15.0 Å². The van der Waals surface area contributed by atoms with Crippen molar-refractivity contribution in [3.63, 3.8) is 0 Å². The van der Waals surface area contributed by atoms with Crippen LogP contribution in [-0.4, -0.2) is 33.6 Å². The molecule has 0 saturated carbocycles. The highest BCUT2D eigenvalue weighted by molar-refractivity contribution is 6.32. The standard InChI is InChI=1S/C19H20ClN5O/c1-12-6-14(9-24-12)26-19-15(20)10-21-11-18(19)25-8-13-2-3-16-17(7-13)23-5-4-22-16/h2-5,7,10-12,14,24-25H,6,8-9H2,1H3/t12-,14-/m1/s1. The molecule has 134 valence electrons. The first-order chi connectivity index (χ1) is 12.7. The number of hydrogen-bond acceptors (Lipinski definition) is 6. The van der Waals surface area contributed by atoms with Crippen LogP contribution in [0.25, 0.3) is 11.0 Å². The molecule has 26 heavy (non-hydrogen) atoms. The summed E-state index contributed by atoms with van der Waals surface area (Å²) in [6.07, 6.45) is 7.82. The third-order valence-electron chi connectivity index (χ3n) is 4.46. The molecule has 3 aromatic rings. The van der Waals surface area contributed by atoms with Crippen molar-refractivity contribution in [1.29, 1.82) is 0 Å². The van der Waals surface area contributed by atoms with Gasteiger partial charge in [-0.05, 0) is 24.6 Å². The monoisotopic (exact) mass is 369 g/mol. The molecule has 4 rings (SSSR count). The molecule has 2 N–H and O–H groups in total. The Kier molecular flexibility index (Phi) is 4.86. The Morgan fingerprint density at radius 2 is 2.08 bits per heavy atom. The molecule has 1 saturated heterocycles. The van der Waals surface area contributed by atoms with E-state index >= 15 is 0 Å². The Labute approximate surface area is 157 Å². The number of pyridine rings is 1. The van der Waals surface area contributed by atoms with Crippen LogP contribution in [0.2, 0.25) is 5.02 Å². The number of nitrogens with one attached hydrogen (secondary N) is 2. The van der Waals surface area contributed by atoms with Crippen LogP contribution >= 0.6 is 11.6 Å². The zero-order valence-electron chi connectivity index (χ0n) is 14.4. The fourth-order valence-corrected chi connectivity index (χ4v) is 3.34. The molecule has 1 fully saturated rings. The summed E-state index contributed by atoms with van der Waals surface area (Å²) >= 11 is 6.34. The molecular formula is C19H20ClN5O. The van der Waals surface area contributed by atoms with Crippen LogP contribution in [-0.2, 0) is 6.54 Å². The van der Waals surface area contributed by atoms with Gasteiger partial charge in [-0.25, -0.2) is 0 Å². The topological polar surface area (TPSA) is 72.0 Å². The number of anilines is 1. The maximum Gasteiger partial charge on any atom is 0.164 e. The van der Waals surface area contributed by atoms with E-state index < -0.39 is 0 Å². The van der Waals surface area contributed by atoms with E-state index in [0.29, 0.717) is 23.4 Å². The van der Waals surface area contributed by atoms with Crippen molar-refractivity contribution >= 4 is 28.3 Å². The molecule has 7 heteroatoms. The van der Waals surface area contributed by atoms with Crippen LogP contribution in [0.4, 0.5) is 5.69 Å². The number of rotatable bonds is 5. The number of hydrogen-bond donors (Lipinski definition) is 2. The van der Waals surface area contributed by atoms with Crippen molar-refractivity contribution in [1.82, 2.24) is 20.3 Å². The van der Waals surface area contributed by atoms with Crippen LogP contribution in [0, 0.1) is 0 Å². The lowest BCUT2D eigenvalue weighted by Crippen LogP contribution is -2.21. The van der Waals surface area contributed by atoms with Crippen molar-refractivity contribution in [2.45, 2.75) is 32.0 Å². The zero-order chi connectivity index (χ0) is 17.9. The van der Waals surface area contributed by atoms with Gasteiger partial charge in [-0.2, -0.15) is 0 Å². The minimum Gasteiger partial charge on any atom is -0.485 e. The quantitative estimate of drug-likeness (QED) is 0.718. The minimum atomic E-state index is 0.112. The van der Waals surface area contributed by atoms with Crippen LogP contribution in [0.5, 0.6) is 5.75 Å². The van der Waals surface area contributed by atoms with E-state index in [1.807, 2.05) is 18.2 Å². The lowest BCUT2D eigenvalue weighted by molar-refractivity contribution is 0.221. The average molecular weight is 370 g/mol. The Morgan fingerprint density at radius 3 is 2.88 bits per heavy atom. The highest BCUT2D eigenvalue weighted by atomic mass is 35.5. The Morgan fingerprint density at radius 1 is 1.23 bits per heavy atom. The summed E-state index contributed by atoms with van der Waals surface area (Å²) in [7, 11) is 0. The molecule has 0 bridgehead atoms. The van der Waals surface area contributed by atoms with Gasteiger partial charge in [0.05, 0.1) is 22.9 Å². The van der Waals surface area contributed by atoms with Gasteiger partial charge < -0.3 is 15.4 Å². The molecular weight excluding hydrogens is 350 g/mol. The highest BCUT2D eigenvalue weighted by Gasteiger charge is 2.24. The summed E-state index contributed by atoms with van der Waals surface area (Å²) in [4.78, 5) is 12.8. The summed E-state index contributed by atoms with van der Waals surface area (Å²) in [5.41, 5.74) is 3.64. The Bertz CT molecular complexity index is 919. The Balaban J connectivity index is 1.51. The van der Waals surface area contributed by atoms with E-state index in [9.17, 15) is 0 Å². The fourth-order valence-electron chi connectivity index (χ4n) is 3.14. The van der Waals surface area contributed by atoms with Gasteiger partial charge in [0.25, 0.3) is 0 Å². The zero-order valence-corrected chi connectivity index (χ0v) is 15.2. The number of nitrogens with zero attached hydrogens (tertiary/aromatic N) is 3. The molecule has 0 spiro atoms. The molecule has 0 amide bonds. The van der Waals surface area contributed by atoms with E-state index in [0.717, 1.165) is 35.2 Å². The molecule has 2 atom stereocenters. The molecule has 3 heterocycles. The number of ether oxygens (including phenoxy) is 1. The summed E-state index contributed by atoms with van der Waals surface area (Å²) in [5, 5.41) is 7.28. The van der Waals surface area contributed by atoms with Gasteiger partial charge in [0.2, 0.25) is 0 Å². The van der Waals surface area contributed by atoms with Gasteiger partial charge in [0, 0.05) is 44.1 Å². The predicted octanol–water partition coefficient (Wildman–Crippen LogP) is 3.42. The lowest BCUT2D eigenvalue weighted by atomic mass is 10.2. The van der Waals surface area contributed by atoms with Crippen LogP contribution < -0.4 is 15.4 Å². The molecule has 2 aromatic heterocycles. The summed E-state index contributed by atoms with van der Waals surface area (Å²) in [6, 6.07) is 6.48. The molecule has 0 radical (unpaired) electrons. The summed E-state index contributed by atoms with van der Waals surface area (Å²) < 4.78 is 6.15. The van der Waals surface area contributed by atoms with E-state index in [4.69, 9.17) is 16.3 Å². The molecule has 1 aliphatic rings. The molecule has 1 aliphatic heterocycles. The van der Waals surface area contributed by atoms with Crippen molar-refractivity contribution in [3.05, 3.63) is 53.6 Å². The van der Waals surface area contributed by atoms with Gasteiger partial charge in [0.15, 0.2) is 5.75 Å². The second-order valence-corrected chi connectivity index (χ2v) is 6.92. The number of fused-ring (bicyclic) bond motifs is 1. The SMILES string of the molecule is C[C@@H]1C[C@@H](Oc2c(Cl)cncc2NCc2ccc3nccnc3c2)CN1. The molecule has 6 nitrogen and oxygen atoms in total. The van der Waals surface area contributed by atoms with E-state index in [1.165, 1.54) is 0 Å². The van der Waals surface area contributed by atoms with Gasteiger partial charge in [0.1, 0.15) is 11.1 Å². The predicted molar refractivity (Wildman–Crippen MR) is 103 cm³/mol. The third kappa shape index (κ3) is 3.71. The van der Waals surface area contributed by atoms with E-state index in [1.54, 1.807) is 24.8 Å². The van der Waals surface area contributed by atoms with Crippen LogP contribution in [0.1, 0.15) is 18.9 Å². The summed E-state index contributed by atoms with van der Waals surface area (Å²) in [6.45, 7) is 3.59. The maximum atomic E-state index is 6.34. The Hall–Kier alpha value is -2.44. The molecule has 1 aromatic carbocycles. The first kappa shape index (κ1) is 17.0. The molecule has 0 unspecified atom stereocenters. The first-order valence-corrected chi connectivity index (χ1v) is 9.04. The van der Waals surface area contributed by atoms with Gasteiger partial charge in [-0.15, -0.1) is 0 Å². The van der Waals surface area contributed by atoms with Gasteiger partial charge in [-0.1, -0.05) is 17.7 Å². The number of benzene rings is 1.